The van der Waals surface area contributed by atoms with Gasteiger partial charge in [0, 0.05) is 31.6 Å². The molecule has 0 bridgehead atoms. The van der Waals surface area contributed by atoms with Crippen LogP contribution in [0.5, 0.6) is 0 Å². The van der Waals surface area contributed by atoms with Crippen LogP contribution in [0, 0.1) is 5.82 Å². The van der Waals surface area contributed by atoms with Crippen LogP contribution >= 0.6 is 0 Å². The number of amides is 3. The van der Waals surface area contributed by atoms with Gasteiger partial charge in [-0.05, 0) is 43.5 Å². The molecule has 1 aliphatic heterocycles. The van der Waals surface area contributed by atoms with E-state index < -0.39 is 11.9 Å². The van der Waals surface area contributed by atoms with Gasteiger partial charge >= 0.3 is 0 Å². The zero-order valence-electron chi connectivity index (χ0n) is 17.9. The lowest BCUT2D eigenvalue weighted by Crippen LogP contribution is -2.47. The van der Waals surface area contributed by atoms with Gasteiger partial charge in [0.1, 0.15) is 11.9 Å². The van der Waals surface area contributed by atoms with Gasteiger partial charge in [0.05, 0.1) is 0 Å². The maximum atomic E-state index is 12.9. The van der Waals surface area contributed by atoms with E-state index in [9.17, 15) is 18.8 Å². The minimum atomic E-state index is -0.412. The van der Waals surface area contributed by atoms with Crippen molar-refractivity contribution in [1.82, 2.24) is 15.5 Å². The first-order valence-corrected chi connectivity index (χ1v) is 11.1. The monoisotopic (exact) mass is 419 g/mol. The van der Waals surface area contributed by atoms with Crippen LogP contribution in [0.15, 0.2) is 24.3 Å². The summed E-state index contributed by atoms with van der Waals surface area (Å²) in [5.74, 6) is -0.820. The molecule has 1 heterocycles. The molecule has 2 rings (SSSR count). The van der Waals surface area contributed by atoms with E-state index in [4.69, 9.17) is 0 Å². The molecule has 3 amide bonds. The molecule has 2 N–H and O–H groups in total. The summed E-state index contributed by atoms with van der Waals surface area (Å²) in [6.07, 6.45) is 8.78. The average Bonchev–Trinajstić information content (AvgIpc) is 3.24. The predicted molar refractivity (Wildman–Crippen MR) is 114 cm³/mol. The lowest BCUT2D eigenvalue weighted by molar-refractivity contribution is -0.138. The Morgan fingerprint density at radius 3 is 2.40 bits per heavy atom. The Morgan fingerprint density at radius 1 is 1.00 bits per heavy atom. The van der Waals surface area contributed by atoms with Gasteiger partial charge in [-0.15, -0.1) is 0 Å². The number of carbonyl (C=O) groups excluding carboxylic acids is 3. The summed E-state index contributed by atoms with van der Waals surface area (Å²) < 4.78 is 12.9. The van der Waals surface area contributed by atoms with E-state index in [1.807, 2.05) is 0 Å². The van der Waals surface area contributed by atoms with Crippen LogP contribution in [0.2, 0.25) is 0 Å². The van der Waals surface area contributed by atoms with E-state index in [0.717, 1.165) is 25.7 Å². The van der Waals surface area contributed by atoms with Gasteiger partial charge in [0.25, 0.3) is 5.91 Å². The Balaban J connectivity index is 1.66. The van der Waals surface area contributed by atoms with Crippen LogP contribution in [0.3, 0.4) is 0 Å². The number of hydrogen-bond acceptors (Lipinski definition) is 3. The predicted octanol–water partition coefficient (Wildman–Crippen LogP) is 3.41. The van der Waals surface area contributed by atoms with Crippen molar-refractivity contribution in [2.45, 2.75) is 70.8 Å². The lowest BCUT2D eigenvalue weighted by Gasteiger charge is -2.24. The van der Waals surface area contributed by atoms with E-state index in [1.165, 1.54) is 43.5 Å². The zero-order valence-corrected chi connectivity index (χ0v) is 17.9. The highest BCUT2D eigenvalue weighted by Crippen LogP contribution is 2.19. The zero-order chi connectivity index (χ0) is 21.8. The topological polar surface area (TPSA) is 78.5 Å². The Bertz CT molecular complexity index is 693. The molecule has 1 fully saturated rings. The minimum Gasteiger partial charge on any atom is -0.353 e. The van der Waals surface area contributed by atoms with Gasteiger partial charge < -0.3 is 15.5 Å². The molecule has 1 aromatic rings. The molecule has 0 aliphatic carbocycles. The molecule has 0 radical (unpaired) electrons. The van der Waals surface area contributed by atoms with Gasteiger partial charge in [-0.3, -0.25) is 14.4 Å². The Labute approximate surface area is 178 Å². The fraction of sp³-hybridized carbons (Fsp3) is 0.609. The summed E-state index contributed by atoms with van der Waals surface area (Å²) in [5, 5.41) is 5.50. The van der Waals surface area contributed by atoms with Crippen molar-refractivity contribution in [2.75, 3.05) is 19.6 Å². The summed E-state index contributed by atoms with van der Waals surface area (Å²) in [6, 6.07) is 4.87. The molecule has 7 heteroatoms. The molecule has 166 valence electrons. The summed E-state index contributed by atoms with van der Waals surface area (Å²) in [5.41, 5.74) is 0.366. The molecule has 6 nitrogen and oxygen atoms in total. The number of unbranched alkanes of at least 4 members (excludes halogenated alkanes) is 5. The Morgan fingerprint density at radius 2 is 1.67 bits per heavy atom. The van der Waals surface area contributed by atoms with Gasteiger partial charge in [-0.2, -0.15) is 0 Å². The molecule has 0 unspecified atom stereocenters. The SMILES string of the molecule is CCCCCCCCC(=O)N1CCC[C@H]1C(=O)NCCNC(=O)c1ccc(F)cc1. The van der Waals surface area contributed by atoms with E-state index in [0.29, 0.717) is 24.9 Å². The number of rotatable bonds is 12. The third-order valence-electron chi connectivity index (χ3n) is 5.44. The number of nitrogens with zero attached hydrogens (tertiary/aromatic N) is 1. The number of likely N-dealkylation sites (tertiary alicyclic amines) is 1. The average molecular weight is 420 g/mol. The van der Waals surface area contributed by atoms with Crippen molar-refractivity contribution in [1.29, 1.82) is 0 Å². The number of halogens is 1. The summed E-state index contributed by atoms with van der Waals surface area (Å²) in [6.45, 7) is 3.36. The summed E-state index contributed by atoms with van der Waals surface area (Å²) in [7, 11) is 0. The largest absolute Gasteiger partial charge is 0.353 e. The van der Waals surface area contributed by atoms with E-state index in [2.05, 4.69) is 17.6 Å². The van der Waals surface area contributed by atoms with Gasteiger partial charge in [0.2, 0.25) is 11.8 Å². The van der Waals surface area contributed by atoms with Crippen LogP contribution in [0.4, 0.5) is 4.39 Å². The minimum absolute atomic E-state index is 0.0627. The van der Waals surface area contributed by atoms with E-state index in [-0.39, 0.29) is 30.8 Å². The highest BCUT2D eigenvalue weighted by molar-refractivity contribution is 5.94. The molecule has 0 aromatic heterocycles. The third kappa shape index (κ3) is 7.76. The van der Waals surface area contributed by atoms with Crippen LogP contribution < -0.4 is 10.6 Å². The lowest BCUT2D eigenvalue weighted by atomic mass is 10.1. The second-order valence-electron chi connectivity index (χ2n) is 7.82. The molecule has 0 spiro atoms. The molecule has 1 aromatic carbocycles. The molecule has 1 aliphatic rings. The third-order valence-corrected chi connectivity index (χ3v) is 5.44. The van der Waals surface area contributed by atoms with Crippen molar-refractivity contribution in [3.8, 4) is 0 Å². The van der Waals surface area contributed by atoms with Crippen molar-refractivity contribution in [3.63, 3.8) is 0 Å². The van der Waals surface area contributed by atoms with E-state index in [1.54, 1.807) is 4.90 Å². The summed E-state index contributed by atoms with van der Waals surface area (Å²) in [4.78, 5) is 38.7. The fourth-order valence-electron chi connectivity index (χ4n) is 3.72. The highest BCUT2D eigenvalue weighted by atomic mass is 19.1. The molecule has 1 saturated heterocycles. The first-order valence-electron chi connectivity index (χ1n) is 11.1. The molecular formula is C23H34FN3O3. The first kappa shape index (κ1) is 23.8. The quantitative estimate of drug-likeness (QED) is 0.510. The van der Waals surface area contributed by atoms with Crippen LogP contribution in [-0.4, -0.2) is 48.3 Å². The fourth-order valence-corrected chi connectivity index (χ4v) is 3.72. The Hall–Kier alpha value is -2.44. The van der Waals surface area contributed by atoms with Gasteiger partial charge in [0.15, 0.2) is 0 Å². The first-order chi connectivity index (χ1) is 14.5. The van der Waals surface area contributed by atoms with Crippen molar-refractivity contribution < 1.29 is 18.8 Å². The Kier molecular flexibility index (Phi) is 10.3. The second-order valence-corrected chi connectivity index (χ2v) is 7.82. The highest BCUT2D eigenvalue weighted by Gasteiger charge is 2.33. The molecule has 30 heavy (non-hydrogen) atoms. The van der Waals surface area contributed by atoms with E-state index >= 15 is 0 Å². The number of carbonyl (C=O) groups is 3. The normalized spacial score (nSPS) is 15.8. The maximum absolute atomic E-state index is 12.9. The van der Waals surface area contributed by atoms with Crippen molar-refractivity contribution in [2.24, 2.45) is 0 Å². The van der Waals surface area contributed by atoms with Crippen LogP contribution in [0.1, 0.15) is 75.1 Å². The standard InChI is InChI=1S/C23H34FN3O3/c1-2-3-4-5-6-7-10-21(28)27-17-8-9-20(27)23(30)26-16-15-25-22(29)18-11-13-19(24)14-12-18/h11-14,20H,2-10,15-17H2,1H3,(H,25,29)(H,26,30)/t20-/m0/s1. The smallest absolute Gasteiger partial charge is 0.251 e. The maximum Gasteiger partial charge on any atom is 0.251 e. The number of benzene rings is 1. The van der Waals surface area contributed by atoms with Crippen LogP contribution in [-0.2, 0) is 9.59 Å². The van der Waals surface area contributed by atoms with Gasteiger partial charge in [-0.1, -0.05) is 39.0 Å². The van der Waals surface area contributed by atoms with Crippen molar-refractivity contribution >= 4 is 17.7 Å². The molecular weight excluding hydrogens is 385 g/mol. The van der Waals surface area contributed by atoms with Crippen LogP contribution in [0.25, 0.3) is 0 Å². The summed E-state index contributed by atoms with van der Waals surface area (Å²) >= 11 is 0. The van der Waals surface area contributed by atoms with Crippen molar-refractivity contribution in [3.05, 3.63) is 35.6 Å². The number of hydrogen-bond donors (Lipinski definition) is 2. The second kappa shape index (κ2) is 13.0. The molecule has 0 saturated carbocycles. The number of nitrogens with one attached hydrogen (secondary N) is 2. The molecule has 1 atom stereocenters. The van der Waals surface area contributed by atoms with Gasteiger partial charge in [-0.25, -0.2) is 4.39 Å².